The van der Waals surface area contributed by atoms with Gasteiger partial charge in [-0.15, -0.1) is 0 Å². The van der Waals surface area contributed by atoms with Crippen LogP contribution in [0.25, 0.3) is 22.0 Å². The van der Waals surface area contributed by atoms with Gasteiger partial charge in [-0.25, -0.2) is 0 Å². The molecule has 1 amide bonds. The number of carbonyl (C=O) groups is 1. The van der Waals surface area contributed by atoms with Crippen LogP contribution in [-0.2, 0) is 4.79 Å². The molecule has 2 heterocycles. The SMILES string of the molecule is N#Cc1cnc2cc(-c3ccc(OC4CCN(C(=O)C5CC5)CC4)cc3)ccc2c1. The number of pyridine rings is 1. The molecule has 0 bridgehead atoms. The predicted octanol–water partition coefficient (Wildman–Crippen LogP) is 4.55. The topological polar surface area (TPSA) is 66.2 Å². The lowest BCUT2D eigenvalue weighted by Gasteiger charge is -2.32. The number of ether oxygens (including phenoxy) is 1. The molecule has 0 unspecified atom stereocenters. The third-order valence-corrected chi connectivity index (χ3v) is 5.98. The molecule has 1 aliphatic carbocycles. The van der Waals surface area contributed by atoms with E-state index in [1.165, 1.54) is 0 Å². The third kappa shape index (κ3) is 3.86. The highest BCUT2D eigenvalue weighted by Gasteiger charge is 2.35. The predicted molar refractivity (Wildman–Crippen MR) is 115 cm³/mol. The standard InChI is InChI=1S/C25H23N3O2/c26-15-17-13-21-4-3-20(14-24(21)27-16-17)18-5-7-22(8-6-18)30-23-9-11-28(12-10-23)25(29)19-1-2-19/h3-8,13-14,16,19,23H,1-2,9-12H2. The Bertz CT molecular complexity index is 1120. The van der Waals surface area contributed by atoms with Crippen molar-refractivity contribution in [2.45, 2.75) is 31.8 Å². The lowest BCUT2D eigenvalue weighted by Crippen LogP contribution is -2.42. The molecule has 30 heavy (non-hydrogen) atoms. The molecule has 1 saturated carbocycles. The van der Waals surface area contributed by atoms with Gasteiger partial charge >= 0.3 is 0 Å². The Morgan fingerprint density at radius 1 is 1.00 bits per heavy atom. The van der Waals surface area contributed by atoms with Crippen LogP contribution in [0.15, 0.2) is 54.7 Å². The first-order chi connectivity index (χ1) is 14.7. The zero-order chi connectivity index (χ0) is 20.5. The quantitative estimate of drug-likeness (QED) is 0.648. The summed E-state index contributed by atoms with van der Waals surface area (Å²) in [4.78, 5) is 18.6. The van der Waals surface area contributed by atoms with Gasteiger partial charge in [-0.2, -0.15) is 5.26 Å². The van der Waals surface area contributed by atoms with E-state index >= 15 is 0 Å². The number of aromatic nitrogens is 1. The van der Waals surface area contributed by atoms with Gasteiger partial charge in [0.15, 0.2) is 0 Å². The molecule has 0 spiro atoms. The maximum absolute atomic E-state index is 12.2. The van der Waals surface area contributed by atoms with Gasteiger partial charge in [0.25, 0.3) is 0 Å². The maximum Gasteiger partial charge on any atom is 0.225 e. The Labute approximate surface area is 175 Å². The zero-order valence-electron chi connectivity index (χ0n) is 16.8. The summed E-state index contributed by atoms with van der Waals surface area (Å²) in [5.41, 5.74) is 3.62. The van der Waals surface area contributed by atoms with E-state index in [0.717, 1.165) is 66.6 Å². The van der Waals surface area contributed by atoms with Gasteiger partial charge in [0.05, 0.1) is 11.1 Å². The molecule has 3 aromatic rings. The number of hydrogen-bond donors (Lipinski definition) is 0. The second-order valence-corrected chi connectivity index (χ2v) is 8.18. The Kier molecular flexibility index (Phi) is 4.84. The van der Waals surface area contributed by atoms with E-state index in [1.807, 2.05) is 41.3 Å². The van der Waals surface area contributed by atoms with E-state index < -0.39 is 0 Å². The summed E-state index contributed by atoms with van der Waals surface area (Å²) in [7, 11) is 0. The monoisotopic (exact) mass is 397 g/mol. The average Bonchev–Trinajstić information content (AvgIpc) is 3.64. The number of likely N-dealkylation sites (tertiary alicyclic amines) is 1. The van der Waals surface area contributed by atoms with Gasteiger partial charge in [0.1, 0.15) is 17.9 Å². The highest BCUT2D eigenvalue weighted by Crippen LogP contribution is 2.32. The number of carbonyl (C=O) groups excluding carboxylic acids is 1. The van der Waals surface area contributed by atoms with Crippen molar-refractivity contribution in [1.82, 2.24) is 9.88 Å². The normalized spacial score (nSPS) is 17.0. The van der Waals surface area contributed by atoms with Crippen LogP contribution in [0.2, 0.25) is 0 Å². The van der Waals surface area contributed by atoms with Gasteiger partial charge in [-0.05, 0) is 48.2 Å². The number of nitrogens with zero attached hydrogens (tertiary/aromatic N) is 3. The minimum atomic E-state index is 0.165. The van der Waals surface area contributed by atoms with Crippen LogP contribution < -0.4 is 4.74 Å². The Morgan fingerprint density at radius 3 is 2.43 bits per heavy atom. The Hall–Kier alpha value is -3.39. The summed E-state index contributed by atoms with van der Waals surface area (Å²) < 4.78 is 6.17. The summed E-state index contributed by atoms with van der Waals surface area (Å²) in [6.07, 6.45) is 5.68. The van der Waals surface area contributed by atoms with Crippen molar-refractivity contribution in [3.05, 3.63) is 60.3 Å². The lowest BCUT2D eigenvalue weighted by molar-refractivity contribution is -0.134. The van der Waals surface area contributed by atoms with Crippen molar-refractivity contribution >= 4 is 16.8 Å². The molecule has 1 saturated heterocycles. The van der Waals surface area contributed by atoms with Gasteiger partial charge in [0, 0.05) is 43.4 Å². The van der Waals surface area contributed by atoms with E-state index in [9.17, 15) is 4.79 Å². The van der Waals surface area contributed by atoms with E-state index in [1.54, 1.807) is 6.20 Å². The van der Waals surface area contributed by atoms with Gasteiger partial charge in [-0.3, -0.25) is 9.78 Å². The van der Waals surface area contributed by atoms with Crippen molar-refractivity contribution in [2.24, 2.45) is 5.92 Å². The largest absolute Gasteiger partial charge is 0.490 e. The van der Waals surface area contributed by atoms with Crippen molar-refractivity contribution in [1.29, 1.82) is 5.26 Å². The fourth-order valence-corrected chi connectivity index (χ4v) is 4.06. The molecule has 1 aliphatic heterocycles. The minimum Gasteiger partial charge on any atom is -0.490 e. The highest BCUT2D eigenvalue weighted by molar-refractivity contribution is 5.85. The minimum absolute atomic E-state index is 0.165. The lowest BCUT2D eigenvalue weighted by atomic mass is 10.0. The molecule has 2 aromatic carbocycles. The number of hydrogen-bond acceptors (Lipinski definition) is 4. The molecule has 2 fully saturated rings. The summed E-state index contributed by atoms with van der Waals surface area (Å²) in [6.45, 7) is 1.60. The first kappa shape index (κ1) is 18.6. The van der Waals surface area contributed by atoms with Gasteiger partial charge < -0.3 is 9.64 Å². The maximum atomic E-state index is 12.2. The first-order valence-corrected chi connectivity index (χ1v) is 10.6. The number of piperidine rings is 1. The van der Waals surface area contributed by atoms with Crippen LogP contribution in [-0.4, -0.2) is 35.0 Å². The number of benzene rings is 2. The van der Waals surface area contributed by atoms with E-state index in [-0.39, 0.29) is 6.10 Å². The van der Waals surface area contributed by atoms with Gasteiger partial charge in [0.2, 0.25) is 5.91 Å². The van der Waals surface area contributed by atoms with Crippen LogP contribution in [0.4, 0.5) is 0 Å². The second-order valence-electron chi connectivity index (χ2n) is 8.18. The summed E-state index contributed by atoms with van der Waals surface area (Å²) in [6, 6.07) is 18.2. The average molecular weight is 397 g/mol. The highest BCUT2D eigenvalue weighted by atomic mass is 16.5. The van der Waals surface area contributed by atoms with Crippen molar-refractivity contribution in [3.63, 3.8) is 0 Å². The Morgan fingerprint density at radius 2 is 1.73 bits per heavy atom. The number of fused-ring (bicyclic) bond motifs is 1. The molecule has 5 nitrogen and oxygen atoms in total. The third-order valence-electron chi connectivity index (χ3n) is 5.98. The summed E-state index contributed by atoms with van der Waals surface area (Å²) in [5, 5.41) is 9.98. The number of rotatable bonds is 4. The van der Waals surface area contributed by atoms with Crippen LogP contribution in [0, 0.1) is 17.2 Å². The van der Waals surface area contributed by atoms with Crippen LogP contribution in [0.1, 0.15) is 31.2 Å². The zero-order valence-corrected chi connectivity index (χ0v) is 16.8. The van der Waals surface area contributed by atoms with Gasteiger partial charge in [-0.1, -0.05) is 24.3 Å². The van der Waals surface area contributed by atoms with E-state index in [4.69, 9.17) is 10.00 Å². The molecular weight excluding hydrogens is 374 g/mol. The number of nitriles is 1. The molecular formula is C25H23N3O2. The van der Waals surface area contributed by atoms with Crippen LogP contribution in [0.3, 0.4) is 0 Å². The molecule has 5 rings (SSSR count). The molecule has 150 valence electrons. The summed E-state index contributed by atoms with van der Waals surface area (Å²) >= 11 is 0. The molecule has 0 atom stereocenters. The molecule has 2 aliphatic rings. The molecule has 5 heteroatoms. The molecule has 1 aromatic heterocycles. The molecule has 0 radical (unpaired) electrons. The smallest absolute Gasteiger partial charge is 0.225 e. The van der Waals surface area contributed by atoms with Crippen molar-refractivity contribution in [2.75, 3.05) is 13.1 Å². The van der Waals surface area contributed by atoms with Crippen LogP contribution >= 0.6 is 0 Å². The number of amides is 1. The first-order valence-electron chi connectivity index (χ1n) is 10.6. The van der Waals surface area contributed by atoms with E-state index in [2.05, 4.69) is 23.2 Å². The Balaban J connectivity index is 1.23. The van der Waals surface area contributed by atoms with E-state index in [0.29, 0.717) is 17.4 Å². The fraction of sp³-hybridized carbons (Fsp3) is 0.320. The molecule has 0 N–H and O–H groups in total. The van der Waals surface area contributed by atoms with Crippen LogP contribution in [0.5, 0.6) is 5.75 Å². The second kappa shape index (κ2) is 7.79. The fourth-order valence-electron chi connectivity index (χ4n) is 4.06. The van der Waals surface area contributed by atoms with Crippen molar-refractivity contribution < 1.29 is 9.53 Å². The summed E-state index contributed by atoms with van der Waals surface area (Å²) in [5.74, 6) is 1.50. The van der Waals surface area contributed by atoms with Crippen molar-refractivity contribution in [3.8, 4) is 22.9 Å².